The van der Waals surface area contributed by atoms with Gasteiger partial charge in [0, 0.05) is 22.8 Å². The van der Waals surface area contributed by atoms with Crippen LogP contribution in [0, 0.1) is 0 Å². The normalized spacial score (nSPS) is 11.5. The number of benzene rings is 2. The van der Waals surface area contributed by atoms with Crippen LogP contribution in [0.2, 0.25) is 0 Å². The Morgan fingerprint density at radius 2 is 1.77 bits per heavy atom. The Balaban J connectivity index is 2.04. The monoisotopic (exact) mass is 290 g/mol. The third kappa shape index (κ3) is 2.00. The van der Waals surface area contributed by atoms with Crippen LogP contribution in [0.25, 0.3) is 32.8 Å². The summed E-state index contributed by atoms with van der Waals surface area (Å²) in [5.74, 6) is 0. The van der Waals surface area contributed by atoms with Gasteiger partial charge in [-0.05, 0) is 25.1 Å². The maximum Gasteiger partial charge on any atom is 0.0986 e. The first-order valence-corrected chi connectivity index (χ1v) is 7.61. The van der Waals surface area contributed by atoms with E-state index in [0.29, 0.717) is 6.54 Å². The van der Waals surface area contributed by atoms with Crippen LogP contribution in [0.1, 0.15) is 6.42 Å². The van der Waals surface area contributed by atoms with Gasteiger partial charge in [0.2, 0.25) is 0 Å². The van der Waals surface area contributed by atoms with E-state index in [-0.39, 0.29) is 0 Å². The Bertz CT molecular complexity index is 955. The number of anilines is 1. The molecule has 0 aliphatic carbocycles. The molecule has 0 radical (unpaired) electrons. The number of aromatic amines is 1. The summed E-state index contributed by atoms with van der Waals surface area (Å²) in [4.78, 5) is 8.37. The highest BCUT2D eigenvalue weighted by Gasteiger charge is 2.13. The molecule has 22 heavy (non-hydrogen) atoms. The third-order valence-electron chi connectivity index (χ3n) is 4.02. The molecule has 2 aromatic heterocycles. The first-order chi connectivity index (χ1) is 10.9. The second-order valence-corrected chi connectivity index (χ2v) is 5.47. The number of aromatic nitrogens is 2. The zero-order valence-corrected chi connectivity index (χ0v) is 12.3. The van der Waals surface area contributed by atoms with Gasteiger partial charge in [-0.2, -0.15) is 0 Å². The Morgan fingerprint density at radius 3 is 2.64 bits per heavy atom. The average molecular weight is 290 g/mol. The fraction of sp³-hybridized carbons (Fsp3) is 0.167. The number of para-hydroxylation sites is 2. The fourth-order valence-corrected chi connectivity index (χ4v) is 2.96. The topological polar surface area (TPSA) is 66.7 Å². The zero-order chi connectivity index (χ0) is 14.9. The van der Waals surface area contributed by atoms with Crippen molar-refractivity contribution in [2.75, 3.05) is 18.4 Å². The van der Waals surface area contributed by atoms with E-state index in [1.54, 1.807) is 0 Å². The largest absolute Gasteiger partial charge is 0.383 e. The van der Waals surface area contributed by atoms with E-state index in [0.717, 1.165) is 51.5 Å². The summed E-state index contributed by atoms with van der Waals surface area (Å²) in [6, 6.07) is 16.5. The molecule has 2 heterocycles. The predicted octanol–water partition coefficient (Wildman–Crippen LogP) is 3.63. The summed E-state index contributed by atoms with van der Waals surface area (Å²) in [6.45, 7) is 1.54. The van der Waals surface area contributed by atoms with Gasteiger partial charge < -0.3 is 16.0 Å². The number of nitrogens with two attached hydrogens (primary N) is 1. The second-order valence-electron chi connectivity index (χ2n) is 5.47. The highest BCUT2D eigenvalue weighted by Crippen LogP contribution is 2.34. The molecule has 0 aliphatic rings. The van der Waals surface area contributed by atoms with Crippen molar-refractivity contribution in [1.29, 1.82) is 0 Å². The van der Waals surface area contributed by atoms with Gasteiger partial charge in [0.05, 0.1) is 22.2 Å². The van der Waals surface area contributed by atoms with Crippen LogP contribution in [-0.4, -0.2) is 23.1 Å². The molecule has 0 aliphatic heterocycles. The Hall–Kier alpha value is -2.59. The van der Waals surface area contributed by atoms with Crippen LogP contribution in [-0.2, 0) is 0 Å². The summed E-state index contributed by atoms with van der Waals surface area (Å²) in [7, 11) is 0. The molecule has 2 aromatic carbocycles. The maximum atomic E-state index is 5.62. The van der Waals surface area contributed by atoms with E-state index in [2.05, 4.69) is 34.6 Å². The lowest BCUT2D eigenvalue weighted by atomic mass is 10.1. The molecule has 0 atom stereocenters. The van der Waals surface area contributed by atoms with Crippen molar-refractivity contribution in [2.45, 2.75) is 6.42 Å². The Labute approximate surface area is 128 Å². The second kappa shape index (κ2) is 5.31. The Morgan fingerprint density at radius 1 is 1.00 bits per heavy atom. The number of pyridine rings is 1. The summed E-state index contributed by atoms with van der Waals surface area (Å²) in [5.41, 5.74) is 10.9. The maximum absolute atomic E-state index is 5.62. The van der Waals surface area contributed by atoms with Crippen LogP contribution < -0.4 is 11.1 Å². The summed E-state index contributed by atoms with van der Waals surface area (Å²) in [5, 5.41) is 5.84. The molecule has 0 bridgehead atoms. The van der Waals surface area contributed by atoms with Crippen molar-refractivity contribution in [1.82, 2.24) is 9.97 Å². The van der Waals surface area contributed by atoms with Gasteiger partial charge in [-0.1, -0.05) is 36.4 Å². The van der Waals surface area contributed by atoms with E-state index in [1.165, 1.54) is 0 Å². The van der Waals surface area contributed by atoms with Crippen molar-refractivity contribution in [3.05, 3.63) is 48.5 Å². The van der Waals surface area contributed by atoms with Gasteiger partial charge in [0.1, 0.15) is 0 Å². The molecular weight excluding hydrogens is 272 g/mol. The Kier molecular flexibility index (Phi) is 3.16. The minimum atomic E-state index is 0.686. The third-order valence-corrected chi connectivity index (χ3v) is 4.02. The van der Waals surface area contributed by atoms with Crippen LogP contribution in [0.3, 0.4) is 0 Å². The van der Waals surface area contributed by atoms with Gasteiger partial charge in [0.25, 0.3) is 0 Å². The molecule has 4 heteroatoms. The molecule has 4 N–H and O–H groups in total. The summed E-state index contributed by atoms with van der Waals surface area (Å²) >= 11 is 0. The first-order valence-electron chi connectivity index (χ1n) is 7.61. The molecule has 0 spiro atoms. The average Bonchev–Trinajstić information content (AvgIpc) is 2.93. The van der Waals surface area contributed by atoms with Gasteiger partial charge in [-0.3, -0.25) is 0 Å². The molecule has 0 unspecified atom stereocenters. The van der Waals surface area contributed by atoms with Crippen molar-refractivity contribution in [2.24, 2.45) is 5.73 Å². The van der Waals surface area contributed by atoms with E-state index in [9.17, 15) is 0 Å². The number of rotatable bonds is 4. The number of nitrogens with one attached hydrogen (secondary N) is 2. The molecule has 4 nitrogen and oxygen atoms in total. The first kappa shape index (κ1) is 13.1. The molecule has 0 fully saturated rings. The summed E-state index contributed by atoms with van der Waals surface area (Å²) < 4.78 is 0. The lowest BCUT2D eigenvalue weighted by Gasteiger charge is -2.10. The molecule has 4 aromatic rings. The van der Waals surface area contributed by atoms with E-state index >= 15 is 0 Å². The fourth-order valence-electron chi connectivity index (χ4n) is 2.96. The number of nitrogens with zero attached hydrogens (tertiary/aromatic N) is 1. The van der Waals surface area contributed by atoms with E-state index in [4.69, 9.17) is 10.7 Å². The van der Waals surface area contributed by atoms with Crippen molar-refractivity contribution in [3.8, 4) is 0 Å². The number of H-pyrrole nitrogens is 1. The molecule has 110 valence electrons. The van der Waals surface area contributed by atoms with Crippen molar-refractivity contribution >= 4 is 38.5 Å². The predicted molar refractivity (Wildman–Crippen MR) is 93.3 cm³/mol. The highest BCUT2D eigenvalue weighted by molar-refractivity contribution is 6.15. The summed E-state index contributed by atoms with van der Waals surface area (Å²) in [6.07, 6.45) is 0.943. The van der Waals surface area contributed by atoms with E-state index < -0.39 is 0 Å². The lowest BCUT2D eigenvalue weighted by molar-refractivity contribution is 0.876. The molecule has 4 rings (SSSR count). The zero-order valence-electron chi connectivity index (χ0n) is 12.3. The minimum absolute atomic E-state index is 0.686. The van der Waals surface area contributed by atoms with Crippen molar-refractivity contribution in [3.63, 3.8) is 0 Å². The molecule has 0 saturated carbocycles. The quantitative estimate of drug-likeness (QED) is 0.503. The van der Waals surface area contributed by atoms with Crippen LogP contribution >= 0.6 is 0 Å². The number of hydrogen-bond acceptors (Lipinski definition) is 3. The van der Waals surface area contributed by atoms with Gasteiger partial charge in [0.15, 0.2) is 0 Å². The van der Waals surface area contributed by atoms with Gasteiger partial charge in [-0.15, -0.1) is 0 Å². The van der Waals surface area contributed by atoms with Gasteiger partial charge in [-0.25, -0.2) is 4.98 Å². The van der Waals surface area contributed by atoms with E-state index in [1.807, 2.05) is 24.3 Å². The van der Waals surface area contributed by atoms with Crippen molar-refractivity contribution < 1.29 is 0 Å². The van der Waals surface area contributed by atoms with Crippen LogP contribution in [0.4, 0.5) is 5.69 Å². The smallest absolute Gasteiger partial charge is 0.0986 e. The minimum Gasteiger partial charge on any atom is -0.383 e. The standard InChI is InChI=1S/C18H18N4/c19-10-5-11-20-16-12-6-1-3-8-14(12)21-17-13-7-2-4-9-15(13)22-18(16)17/h1-4,6-9,22H,5,10-11,19H2,(H,20,21). The van der Waals surface area contributed by atoms with Gasteiger partial charge >= 0.3 is 0 Å². The number of hydrogen-bond donors (Lipinski definition) is 3. The molecule has 0 saturated heterocycles. The molecule has 0 amide bonds. The number of fused-ring (bicyclic) bond motifs is 4. The SMILES string of the molecule is NCCCNc1c2ccccc2nc2c1[nH]c1ccccc12. The highest BCUT2D eigenvalue weighted by atomic mass is 14.9. The van der Waals surface area contributed by atoms with Crippen LogP contribution in [0.5, 0.6) is 0 Å². The molecular formula is C18H18N4. The lowest BCUT2D eigenvalue weighted by Crippen LogP contribution is -2.09. The van der Waals surface area contributed by atoms with Crippen LogP contribution in [0.15, 0.2) is 48.5 Å².